The van der Waals surface area contributed by atoms with Crippen LogP contribution in [0.25, 0.3) is 10.1 Å². The highest BCUT2D eigenvalue weighted by Crippen LogP contribution is 2.23. The minimum absolute atomic E-state index is 0.0363. The van der Waals surface area contributed by atoms with Crippen LogP contribution in [0.2, 0.25) is 0 Å². The summed E-state index contributed by atoms with van der Waals surface area (Å²) < 4.78 is 1.09. The van der Waals surface area contributed by atoms with E-state index in [0.29, 0.717) is 0 Å². The third kappa shape index (κ3) is 0.917. The summed E-state index contributed by atoms with van der Waals surface area (Å²) in [6.07, 6.45) is 3.40. The fraction of sp³-hybridized carbons (Fsp3) is 0.200. The predicted molar refractivity (Wildman–Crippen MR) is 57.1 cm³/mol. The summed E-state index contributed by atoms with van der Waals surface area (Å²) in [6, 6.07) is 1.84. The van der Waals surface area contributed by atoms with Gasteiger partial charge in [0.25, 0.3) is 5.91 Å². The number of nitrogens with zero attached hydrogens (tertiary/aromatic N) is 1. The van der Waals surface area contributed by atoms with Gasteiger partial charge in [-0.15, -0.1) is 0 Å². The second-order valence-electron chi connectivity index (χ2n) is 3.42. The van der Waals surface area contributed by atoms with Crippen molar-refractivity contribution in [2.24, 2.45) is 0 Å². The van der Waals surface area contributed by atoms with Gasteiger partial charge in [-0.2, -0.15) is 0 Å². The van der Waals surface area contributed by atoms with E-state index in [1.807, 2.05) is 6.07 Å². The Hall–Kier alpha value is -1.16. The van der Waals surface area contributed by atoms with Crippen LogP contribution in [0.15, 0.2) is 12.3 Å². The molecule has 70 valence electrons. The monoisotopic (exact) mass is 250 g/mol. The van der Waals surface area contributed by atoms with E-state index in [0.717, 1.165) is 39.2 Å². The van der Waals surface area contributed by atoms with Gasteiger partial charge in [-0.05, 0) is 18.9 Å². The van der Waals surface area contributed by atoms with Crippen molar-refractivity contribution in [1.29, 1.82) is 0 Å². The van der Waals surface area contributed by atoms with Gasteiger partial charge in [-0.1, -0.05) is 15.9 Å². The minimum Gasteiger partial charge on any atom is -0.322 e. The summed E-state index contributed by atoms with van der Waals surface area (Å²) in [5.74, 6) is 0.0363. The highest BCUT2D eigenvalue weighted by atomic mass is 79.9. The van der Waals surface area contributed by atoms with Crippen molar-refractivity contribution < 1.29 is 4.79 Å². The Morgan fingerprint density at radius 1 is 1.43 bits per heavy atom. The predicted octanol–water partition coefficient (Wildman–Crippen LogP) is 0.481. The first-order valence-corrected chi connectivity index (χ1v) is 5.25. The molecule has 1 aliphatic carbocycles. The maximum atomic E-state index is 11.6. The first-order chi connectivity index (χ1) is 6.77. The zero-order valence-corrected chi connectivity index (χ0v) is 8.89. The molecule has 0 bridgehead atoms. The van der Waals surface area contributed by atoms with Crippen LogP contribution in [0.4, 0.5) is 5.69 Å². The Morgan fingerprint density at radius 3 is 3.14 bits per heavy atom. The van der Waals surface area contributed by atoms with E-state index >= 15 is 0 Å². The Balaban J connectivity index is 2.58. The van der Waals surface area contributed by atoms with E-state index in [1.54, 1.807) is 6.20 Å². The van der Waals surface area contributed by atoms with Gasteiger partial charge in [0.15, 0.2) is 0 Å². The van der Waals surface area contributed by atoms with Gasteiger partial charge in [-0.3, -0.25) is 9.78 Å². The largest absolute Gasteiger partial charge is 0.322 e. The molecule has 3 rings (SSSR count). The number of rotatable bonds is 0. The number of halogens is 1. The zero-order chi connectivity index (χ0) is 9.71. The van der Waals surface area contributed by atoms with Crippen molar-refractivity contribution in [3.63, 3.8) is 0 Å². The number of hydrogen-bond acceptors (Lipinski definition) is 2. The van der Waals surface area contributed by atoms with Crippen LogP contribution in [0.5, 0.6) is 0 Å². The van der Waals surface area contributed by atoms with Crippen LogP contribution in [-0.4, -0.2) is 10.9 Å². The molecule has 14 heavy (non-hydrogen) atoms. The number of hydrogen-bond donors (Lipinski definition) is 1. The molecule has 3 nitrogen and oxygen atoms in total. The number of nitrogens with one attached hydrogen (secondary N) is 1. The van der Waals surface area contributed by atoms with Crippen LogP contribution < -0.4 is 15.9 Å². The zero-order valence-electron chi connectivity index (χ0n) is 7.30. The molecule has 2 heterocycles. The third-order valence-electron chi connectivity index (χ3n) is 2.63. The molecule has 1 amide bonds. The first-order valence-electron chi connectivity index (χ1n) is 4.45. The van der Waals surface area contributed by atoms with Gasteiger partial charge in [0, 0.05) is 21.5 Å². The number of pyridine rings is 1. The van der Waals surface area contributed by atoms with E-state index in [2.05, 4.69) is 26.2 Å². The molecule has 4 heteroatoms. The normalized spacial score (nSPS) is 18.2. The second-order valence-corrected chi connectivity index (χ2v) is 4.38. The lowest BCUT2D eigenvalue weighted by Crippen LogP contribution is -2.32. The summed E-state index contributed by atoms with van der Waals surface area (Å²) >= 11 is 3.50. The SMILES string of the molecule is O=C1Nc2ccnc3c2=C1CCC=3Br. The number of anilines is 1. The number of aromatic nitrogens is 1. The molecule has 1 aromatic heterocycles. The van der Waals surface area contributed by atoms with Gasteiger partial charge < -0.3 is 5.32 Å². The van der Waals surface area contributed by atoms with Gasteiger partial charge in [0.05, 0.1) is 11.0 Å². The molecule has 0 spiro atoms. The molecule has 1 aliphatic heterocycles. The summed E-state index contributed by atoms with van der Waals surface area (Å²) in [7, 11) is 0. The number of amides is 1. The molecule has 1 N–H and O–H groups in total. The fourth-order valence-electron chi connectivity index (χ4n) is 1.98. The van der Waals surface area contributed by atoms with Crippen molar-refractivity contribution in [2.45, 2.75) is 12.8 Å². The quantitative estimate of drug-likeness (QED) is 0.728. The maximum Gasteiger partial charge on any atom is 0.252 e. The molecule has 0 radical (unpaired) electrons. The molecule has 0 aromatic carbocycles. The second kappa shape index (κ2) is 2.67. The lowest BCUT2D eigenvalue weighted by molar-refractivity contribution is -0.111. The Labute approximate surface area is 88.7 Å². The standard InChI is InChI=1S/C10H7BrN2O/c11-6-2-1-5-8-7(13-10(5)14)3-4-12-9(6)8/h3-4H,1-2H2,(H,13,14). The van der Waals surface area contributed by atoms with E-state index in [1.165, 1.54) is 0 Å². The molecular weight excluding hydrogens is 244 g/mol. The maximum absolute atomic E-state index is 11.6. The van der Waals surface area contributed by atoms with Crippen LogP contribution in [0.3, 0.4) is 0 Å². The van der Waals surface area contributed by atoms with Gasteiger partial charge in [0.1, 0.15) is 0 Å². The van der Waals surface area contributed by atoms with E-state index in [9.17, 15) is 4.79 Å². The lowest BCUT2D eigenvalue weighted by atomic mass is 10.0. The third-order valence-corrected chi connectivity index (χ3v) is 3.40. The molecule has 1 aromatic rings. The minimum atomic E-state index is 0.0363. The average Bonchev–Trinajstić information content (AvgIpc) is 2.50. The van der Waals surface area contributed by atoms with Crippen molar-refractivity contribution in [3.8, 4) is 0 Å². The van der Waals surface area contributed by atoms with Crippen molar-refractivity contribution in [1.82, 2.24) is 4.98 Å². The van der Waals surface area contributed by atoms with E-state index < -0.39 is 0 Å². The van der Waals surface area contributed by atoms with E-state index in [-0.39, 0.29) is 5.91 Å². The molecule has 0 saturated heterocycles. The summed E-state index contributed by atoms with van der Waals surface area (Å²) in [5.41, 5.74) is 1.78. The average molecular weight is 251 g/mol. The van der Waals surface area contributed by atoms with Crippen LogP contribution >= 0.6 is 15.9 Å². The lowest BCUT2D eigenvalue weighted by Gasteiger charge is -2.05. The highest BCUT2D eigenvalue weighted by molar-refractivity contribution is 9.14. The molecule has 2 aliphatic rings. The Morgan fingerprint density at radius 2 is 2.29 bits per heavy atom. The van der Waals surface area contributed by atoms with Gasteiger partial charge in [0.2, 0.25) is 0 Å². The molecule has 0 unspecified atom stereocenters. The highest BCUT2D eigenvalue weighted by Gasteiger charge is 2.24. The van der Waals surface area contributed by atoms with Gasteiger partial charge in [-0.25, -0.2) is 0 Å². The molecule has 0 atom stereocenters. The molecule has 0 saturated carbocycles. The van der Waals surface area contributed by atoms with Crippen LogP contribution in [0.1, 0.15) is 12.8 Å². The molecule has 0 fully saturated rings. The summed E-state index contributed by atoms with van der Waals surface area (Å²) in [6.45, 7) is 0. The topological polar surface area (TPSA) is 42.0 Å². The van der Waals surface area contributed by atoms with Crippen LogP contribution in [-0.2, 0) is 4.79 Å². The van der Waals surface area contributed by atoms with E-state index in [4.69, 9.17) is 0 Å². The summed E-state index contributed by atoms with van der Waals surface area (Å²) in [4.78, 5) is 15.8. The smallest absolute Gasteiger partial charge is 0.252 e. The Kier molecular flexibility index (Phi) is 1.56. The fourth-order valence-corrected chi connectivity index (χ4v) is 2.48. The number of carbonyl (C=O) groups excluding carboxylic acids is 1. The van der Waals surface area contributed by atoms with Crippen molar-refractivity contribution >= 4 is 37.6 Å². The molecular formula is C10H7BrN2O. The Bertz CT molecular complexity index is 562. The number of carbonyl (C=O) groups is 1. The summed E-state index contributed by atoms with van der Waals surface area (Å²) in [5, 5.41) is 4.76. The van der Waals surface area contributed by atoms with Crippen molar-refractivity contribution in [3.05, 3.63) is 22.8 Å². The van der Waals surface area contributed by atoms with Crippen molar-refractivity contribution in [2.75, 3.05) is 5.32 Å². The van der Waals surface area contributed by atoms with Gasteiger partial charge >= 0.3 is 0 Å². The first kappa shape index (κ1) is 8.17. The van der Waals surface area contributed by atoms with Crippen LogP contribution in [0, 0.1) is 0 Å².